The van der Waals surface area contributed by atoms with Gasteiger partial charge in [0.05, 0.1) is 0 Å². The molecule has 2 heterocycles. The summed E-state index contributed by atoms with van der Waals surface area (Å²) in [5.41, 5.74) is 7.97. The van der Waals surface area contributed by atoms with E-state index in [0.717, 1.165) is 17.9 Å². The van der Waals surface area contributed by atoms with E-state index in [-0.39, 0.29) is 6.04 Å². The molecule has 3 N–H and O–H groups in total. The van der Waals surface area contributed by atoms with E-state index in [9.17, 15) is 0 Å². The third kappa shape index (κ3) is 2.10. The van der Waals surface area contributed by atoms with E-state index in [4.69, 9.17) is 5.73 Å². The molecule has 0 aliphatic heterocycles. The minimum atomic E-state index is 0.225. The maximum absolute atomic E-state index is 6.03. The number of aromatic nitrogens is 3. The number of fused-ring (bicyclic) bond motifs is 1. The zero-order valence-corrected chi connectivity index (χ0v) is 9.93. The molecule has 1 aliphatic carbocycles. The molecule has 2 aromatic heterocycles. The van der Waals surface area contributed by atoms with Crippen LogP contribution in [0.2, 0.25) is 0 Å². The molecule has 0 amide bonds. The van der Waals surface area contributed by atoms with Crippen LogP contribution < -0.4 is 11.1 Å². The minimum Gasteiger partial charge on any atom is -0.351 e. The molecule has 1 saturated carbocycles. The van der Waals surface area contributed by atoms with Crippen LogP contribution in [0.1, 0.15) is 18.5 Å². The minimum absolute atomic E-state index is 0.225. The predicted octanol–water partition coefficient (Wildman–Crippen LogP) is 1.19. The molecule has 1 aliphatic rings. The Morgan fingerprint density at radius 3 is 3.06 bits per heavy atom. The molecule has 90 valence electrons. The average Bonchev–Trinajstić information content (AvgIpc) is 3.07. The lowest BCUT2D eigenvalue weighted by atomic mass is 10.2. The number of hydrogen-bond acceptors (Lipinski definition) is 4. The first-order valence-electron chi connectivity index (χ1n) is 6.06. The van der Waals surface area contributed by atoms with Crippen LogP contribution in [0.4, 0.5) is 5.95 Å². The first-order chi connectivity index (χ1) is 8.24. The summed E-state index contributed by atoms with van der Waals surface area (Å²) in [7, 11) is 0. The Balaban J connectivity index is 1.74. The van der Waals surface area contributed by atoms with Crippen LogP contribution >= 0.6 is 0 Å². The van der Waals surface area contributed by atoms with Crippen LogP contribution in [0.3, 0.4) is 0 Å². The lowest BCUT2D eigenvalue weighted by Gasteiger charge is -2.09. The highest BCUT2D eigenvalue weighted by Gasteiger charge is 2.28. The van der Waals surface area contributed by atoms with E-state index in [1.807, 2.05) is 29.6 Å². The van der Waals surface area contributed by atoms with Gasteiger partial charge >= 0.3 is 0 Å². The van der Waals surface area contributed by atoms with Gasteiger partial charge in [0.15, 0.2) is 5.65 Å². The van der Waals surface area contributed by atoms with Crippen molar-refractivity contribution in [2.45, 2.75) is 25.8 Å². The van der Waals surface area contributed by atoms with Crippen molar-refractivity contribution >= 4 is 11.6 Å². The van der Waals surface area contributed by atoms with E-state index in [2.05, 4.69) is 15.4 Å². The Morgan fingerprint density at radius 1 is 1.53 bits per heavy atom. The lowest BCUT2D eigenvalue weighted by Crippen LogP contribution is -2.31. The van der Waals surface area contributed by atoms with Gasteiger partial charge < -0.3 is 11.1 Å². The summed E-state index contributed by atoms with van der Waals surface area (Å²) in [6.07, 6.45) is 2.53. The largest absolute Gasteiger partial charge is 0.351 e. The highest BCUT2D eigenvalue weighted by atomic mass is 15.4. The Kier molecular flexibility index (Phi) is 2.48. The molecule has 5 nitrogen and oxygen atoms in total. The van der Waals surface area contributed by atoms with Gasteiger partial charge in [-0.1, -0.05) is 6.07 Å². The smallest absolute Gasteiger partial charge is 0.243 e. The van der Waals surface area contributed by atoms with Gasteiger partial charge in [0.1, 0.15) is 0 Å². The quantitative estimate of drug-likeness (QED) is 0.829. The number of aryl methyl sites for hydroxylation is 1. The van der Waals surface area contributed by atoms with Gasteiger partial charge in [-0.2, -0.15) is 4.98 Å². The van der Waals surface area contributed by atoms with Gasteiger partial charge in [0.25, 0.3) is 0 Å². The first kappa shape index (κ1) is 10.5. The summed E-state index contributed by atoms with van der Waals surface area (Å²) in [6, 6.07) is 6.18. The van der Waals surface area contributed by atoms with Gasteiger partial charge in [0.2, 0.25) is 5.95 Å². The maximum atomic E-state index is 6.03. The molecule has 0 aromatic carbocycles. The summed E-state index contributed by atoms with van der Waals surface area (Å²) >= 11 is 0. The first-order valence-corrected chi connectivity index (χ1v) is 6.06. The number of hydrogen-bond donors (Lipinski definition) is 2. The summed E-state index contributed by atoms with van der Waals surface area (Å²) in [5.74, 6) is 1.36. The van der Waals surface area contributed by atoms with Gasteiger partial charge in [-0.05, 0) is 37.8 Å². The fourth-order valence-electron chi connectivity index (χ4n) is 2.01. The lowest BCUT2D eigenvalue weighted by molar-refractivity contribution is 0.618. The summed E-state index contributed by atoms with van der Waals surface area (Å²) < 4.78 is 1.84. The van der Waals surface area contributed by atoms with E-state index in [1.54, 1.807) is 0 Å². The predicted molar refractivity (Wildman–Crippen MR) is 66.9 cm³/mol. The fraction of sp³-hybridized carbons (Fsp3) is 0.500. The van der Waals surface area contributed by atoms with E-state index in [0.29, 0.717) is 11.9 Å². The average molecular weight is 231 g/mol. The van der Waals surface area contributed by atoms with Crippen molar-refractivity contribution in [2.75, 3.05) is 11.9 Å². The summed E-state index contributed by atoms with van der Waals surface area (Å²) in [4.78, 5) is 4.41. The molecule has 3 rings (SSSR count). The second kappa shape index (κ2) is 4.00. The van der Waals surface area contributed by atoms with Crippen molar-refractivity contribution < 1.29 is 0 Å². The van der Waals surface area contributed by atoms with Crippen LogP contribution in [0, 0.1) is 12.8 Å². The molecule has 1 fully saturated rings. The molecule has 0 saturated heterocycles. The van der Waals surface area contributed by atoms with Gasteiger partial charge in [-0.25, -0.2) is 4.52 Å². The Morgan fingerprint density at radius 2 is 2.35 bits per heavy atom. The number of rotatable bonds is 4. The molecule has 1 unspecified atom stereocenters. The van der Waals surface area contributed by atoms with Crippen molar-refractivity contribution in [3.63, 3.8) is 0 Å². The Hall–Kier alpha value is -1.62. The molecule has 0 bridgehead atoms. The number of pyridine rings is 1. The van der Waals surface area contributed by atoms with Crippen LogP contribution in [-0.4, -0.2) is 27.2 Å². The van der Waals surface area contributed by atoms with Crippen molar-refractivity contribution in [2.24, 2.45) is 11.7 Å². The monoisotopic (exact) mass is 231 g/mol. The van der Waals surface area contributed by atoms with E-state index < -0.39 is 0 Å². The summed E-state index contributed by atoms with van der Waals surface area (Å²) in [5, 5.41) is 7.62. The standard InChI is InChI=1S/C12H17N5/c1-8-3-2-4-11-15-12(16-17(8)11)14-7-10(13)9-5-6-9/h2-4,9-10H,5-7,13H2,1H3,(H,14,16). The third-order valence-corrected chi connectivity index (χ3v) is 3.27. The van der Waals surface area contributed by atoms with Gasteiger partial charge in [0, 0.05) is 18.3 Å². The number of nitrogens with two attached hydrogens (primary N) is 1. The van der Waals surface area contributed by atoms with Crippen LogP contribution in [0.5, 0.6) is 0 Å². The zero-order valence-electron chi connectivity index (χ0n) is 9.93. The van der Waals surface area contributed by atoms with Crippen LogP contribution in [0.25, 0.3) is 5.65 Å². The van der Waals surface area contributed by atoms with E-state index in [1.165, 1.54) is 12.8 Å². The highest BCUT2D eigenvalue weighted by molar-refractivity contribution is 5.44. The molecule has 0 radical (unpaired) electrons. The SMILES string of the molecule is Cc1cccc2nc(NCC(N)C3CC3)nn12. The Bertz CT molecular complexity index is 529. The van der Waals surface area contributed by atoms with E-state index >= 15 is 0 Å². The molecule has 0 spiro atoms. The summed E-state index contributed by atoms with van der Waals surface area (Å²) in [6.45, 7) is 2.77. The van der Waals surface area contributed by atoms with Crippen molar-refractivity contribution in [3.05, 3.63) is 23.9 Å². The van der Waals surface area contributed by atoms with Crippen molar-refractivity contribution in [1.29, 1.82) is 0 Å². The third-order valence-electron chi connectivity index (χ3n) is 3.27. The number of nitrogens with one attached hydrogen (secondary N) is 1. The maximum Gasteiger partial charge on any atom is 0.243 e. The van der Waals surface area contributed by atoms with Gasteiger partial charge in [-0.15, -0.1) is 5.10 Å². The molecule has 2 aromatic rings. The molecule has 17 heavy (non-hydrogen) atoms. The normalized spacial score (nSPS) is 17.3. The second-order valence-corrected chi connectivity index (χ2v) is 4.75. The van der Waals surface area contributed by atoms with Crippen LogP contribution in [0.15, 0.2) is 18.2 Å². The molecule has 1 atom stereocenters. The number of nitrogens with zero attached hydrogens (tertiary/aromatic N) is 3. The second-order valence-electron chi connectivity index (χ2n) is 4.75. The van der Waals surface area contributed by atoms with Crippen LogP contribution in [-0.2, 0) is 0 Å². The van der Waals surface area contributed by atoms with Gasteiger partial charge in [-0.3, -0.25) is 0 Å². The van der Waals surface area contributed by atoms with Crippen molar-refractivity contribution in [1.82, 2.24) is 14.6 Å². The molecular formula is C12H17N5. The molecular weight excluding hydrogens is 214 g/mol. The fourth-order valence-corrected chi connectivity index (χ4v) is 2.01. The number of anilines is 1. The highest BCUT2D eigenvalue weighted by Crippen LogP contribution is 2.31. The molecule has 5 heteroatoms. The zero-order chi connectivity index (χ0) is 11.8. The Labute approximate surface area is 100 Å². The van der Waals surface area contributed by atoms with Crippen molar-refractivity contribution in [3.8, 4) is 0 Å². The topological polar surface area (TPSA) is 68.2 Å².